The summed E-state index contributed by atoms with van der Waals surface area (Å²) in [6, 6.07) is 10.2. The minimum absolute atomic E-state index is 0.0980. The molecule has 0 saturated heterocycles. The van der Waals surface area contributed by atoms with Gasteiger partial charge in [0.25, 0.3) is 5.91 Å². The highest BCUT2D eigenvalue weighted by molar-refractivity contribution is 6.15. The number of anilines is 1. The maximum Gasteiger partial charge on any atom is 0.255 e. The molecular formula is C22H22N4O4. The van der Waals surface area contributed by atoms with Crippen LogP contribution in [0, 0.1) is 5.41 Å². The second kappa shape index (κ2) is 9.42. The van der Waals surface area contributed by atoms with E-state index >= 15 is 0 Å². The summed E-state index contributed by atoms with van der Waals surface area (Å²) in [7, 11) is 2.98. The fourth-order valence-corrected chi connectivity index (χ4v) is 2.82. The second-order valence-corrected chi connectivity index (χ2v) is 6.25. The first-order valence-corrected chi connectivity index (χ1v) is 9.07. The third-order valence-electron chi connectivity index (χ3n) is 4.32. The van der Waals surface area contributed by atoms with Crippen molar-refractivity contribution in [3.63, 3.8) is 0 Å². The van der Waals surface area contributed by atoms with Gasteiger partial charge in [-0.2, -0.15) is 0 Å². The van der Waals surface area contributed by atoms with Crippen LogP contribution in [0.5, 0.6) is 11.6 Å². The Morgan fingerprint density at radius 3 is 2.70 bits per heavy atom. The molecule has 3 aromatic rings. The average Bonchev–Trinajstić information content (AvgIpc) is 3.29. The lowest BCUT2D eigenvalue weighted by Crippen LogP contribution is -2.24. The molecule has 8 nitrogen and oxygen atoms in total. The second-order valence-electron chi connectivity index (χ2n) is 6.25. The zero-order chi connectivity index (χ0) is 21.5. The Balaban J connectivity index is 1.83. The molecule has 30 heavy (non-hydrogen) atoms. The number of pyridine rings is 1. The fourth-order valence-electron chi connectivity index (χ4n) is 2.82. The van der Waals surface area contributed by atoms with Crippen molar-refractivity contribution in [3.05, 3.63) is 77.4 Å². The van der Waals surface area contributed by atoms with Crippen LogP contribution < -0.4 is 20.5 Å². The van der Waals surface area contributed by atoms with Gasteiger partial charge in [0, 0.05) is 18.0 Å². The number of nitrogens with two attached hydrogens (primary N) is 1. The summed E-state index contributed by atoms with van der Waals surface area (Å²) in [4.78, 5) is 16.8. The quantitative estimate of drug-likeness (QED) is 0.390. The molecule has 0 atom stereocenters. The molecule has 0 radical (unpaired) electrons. The number of allylic oxidation sites excluding steroid dienone is 1. The number of furan rings is 1. The van der Waals surface area contributed by atoms with Crippen LogP contribution in [-0.2, 0) is 6.54 Å². The number of carbonyl (C=O) groups excluding carboxylic acids is 1. The van der Waals surface area contributed by atoms with E-state index in [0.717, 1.165) is 5.56 Å². The molecule has 0 unspecified atom stereocenters. The number of rotatable bonds is 8. The van der Waals surface area contributed by atoms with E-state index in [9.17, 15) is 4.79 Å². The summed E-state index contributed by atoms with van der Waals surface area (Å²) >= 11 is 0. The molecule has 2 heterocycles. The van der Waals surface area contributed by atoms with E-state index in [2.05, 4.69) is 10.3 Å². The molecule has 0 bridgehead atoms. The van der Waals surface area contributed by atoms with E-state index in [4.69, 9.17) is 25.0 Å². The highest BCUT2D eigenvalue weighted by Crippen LogP contribution is 2.30. The lowest BCUT2D eigenvalue weighted by atomic mass is 10.0. The highest BCUT2D eigenvalue weighted by Gasteiger charge is 2.20. The maximum absolute atomic E-state index is 12.7. The van der Waals surface area contributed by atoms with Gasteiger partial charge in [-0.1, -0.05) is 6.08 Å². The van der Waals surface area contributed by atoms with Gasteiger partial charge in [-0.05, 0) is 42.0 Å². The van der Waals surface area contributed by atoms with Gasteiger partial charge in [0.2, 0.25) is 5.88 Å². The molecular weight excluding hydrogens is 384 g/mol. The zero-order valence-corrected chi connectivity index (χ0v) is 16.6. The molecule has 8 heteroatoms. The topological polar surface area (TPSA) is 123 Å². The summed E-state index contributed by atoms with van der Waals surface area (Å²) in [5, 5.41) is 11.2. The Bertz CT molecular complexity index is 1060. The van der Waals surface area contributed by atoms with Gasteiger partial charge in [0.1, 0.15) is 11.5 Å². The molecule has 0 aliphatic rings. The molecule has 154 valence electrons. The summed E-state index contributed by atoms with van der Waals surface area (Å²) in [6.07, 6.45) is 6.46. The molecule has 1 amide bonds. The fraction of sp³-hybridized carbons (Fsp3) is 0.136. The van der Waals surface area contributed by atoms with Crippen LogP contribution >= 0.6 is 0 Å². The Morgan fingerprint density at radius 1 is 1.23 bits per heavy atom. The van der Waals surface area contributed by atoms with E-state index in [1.807, 2.05) is 6.07 Å². The van der Waals surface area contributed by atoms with Crippen LogP contribution in [0.2, 0.25) is 0 Å². The Morgan fingerprint density at radius 2 is 2.07 bits per heavy atom. The first-order chi connectivity index (χ1) is 14.5. The monoisotopic (exact) mass is 406 g/mol. The summed E-state index contributed by atoms with van der Waals surface area (Å²) in [5.41, 5.74) is 7.92. The first kappa shape index (κ1) is 20.7. The molecule has 0 aliphatic carbocycles. The third-order valence-corrected chi connectivity index (χ3v) is 4.32. The predicted octanol–water partition coefficient (Wildman–Crippen LogP) is 3.29. The minimum atomic E-state index is -0.361. The normalized spacial score (nSPS) is 10.7. The number of hydrogen-bond donors (Lipinski definition) is 3. The van der Waals surface area contributed by atoms with Crippen LogP contribution in [0.15, 0.2) is 59.4 Å². The Labute approximate surface area is 173 Å². The standard InChI is InChI=1S/C22H22N4O4/c1-28-19-10-6-14(12-25-19)5-8-17(23)20-18(24)9-7-16(21(20)29-2)22(27)26-13-15-4-3-11-30-15/h3-12,23H,13,24H2,1-2H3,(H,26,27)/b8-5+,23-17?. The molecule has 0 fully saturated rings. The number of nitrogens with one attached hydrogen (secondary N) is 2. The van der Waals surface area contributed by atoms with Gasteiger partial charge < -0.3 is 30.4 Å². The van der Waals surface area contributed by atoms with Crippen LogP contribution in [0.1, 0.15) is 27.2 Å². The van der Waals surface area contributed by atoms with E-state index in [1.165, 1.54) is 13.4 Å². The van der Waals surface area contributed by atoms with Gasteiger partial charge in [0.15, 0.2) is 0 Å². The van der Waals surface area contributed by atoms with Crippen molar-refractivity contribution >= 4 is 23.4 Å². The van der Waals surface area contributed by atoms with Crippen LogP contribution in [0.25, 0.3) is 6.08 Å². The van der Waals surface area contributed by atoms with Crippen molar-refractivity contribution in [3.8, 4) is 11.6 Å². The highest BCUT2D eigenvalue weighted by atomic mass is 16.5. The number of hydrogen-bond acceptors (Lipinski definition) is 7. The molecule has 0 aliphatic heterocycles. The van der Waals surface area contributed by atoms with Crippen LogP contribution in [-0.4, -0.2) is 30.8 Å². The smallest absolute Gasteiger partial charge is 0.255 e. The molecule has 4 N–H and O–H groups in total. The SMILES string of the molecule is COc1ccc(/C=C/C(=N)c2c(N)ccc(C(=O)NCc3ccco3)c2OC)cn1. The predicted molar refractivity (Wildman–Crippen MR) is 114 cm³/mol. The van der Waals surface area contributed by atoms with Crippen LogP contribution in [0.3, 0.4) is 0 Å². The van der Waals surface area contributed by atoms with E-state index in [0.29, 0.717) is 22.9 Å². The number of amides is 1. The summed E-state index contributed by atoms with van der Waals surface area (Å²) < 4.78 is 15.7. The molecule has 2 aromatic heterocycles. The first-order valence-electron chi connectivity index (χ1n) is 9.07. The molecule has 1 aromatic carbocycles. The molecule has 0 saturated carbocycles. The van der Waals surface area contributed by atoms with Gasteiger partial charge in [-0.25, -0.2) is 4.98 Å². The lowest BCUT2D eigenvalue weighted by molar-refractivity contribution is 0.0945. The van der Waals surface area contributed by atoms with Crippen molar-refractivity contribution in [2.24, 2.45) is 0 Å². The van der Waals surface area contributed by atoms with Crippen molar-refractivity contribution in [1.82, 2.24) is 10.3 Å². The minimum Gasteiger partial charge on any atom is -0.495 e. The van der Waals surface area contributed by atoms with E-state index < -0.39 is 0 Å². The number of nitrogen functional groups attached to an aromatic ring is 1. The molecule has 0 spiro atoms. The lowest BCUT2D eigenvalue weighted by Gasteiger charge is -2.15. The van der Waals surface area contributed by atoms with E-state index in [1.54, 1.807) is 55.8 Å². The average molecular weight is 406 g/mol. The van der Waals surface area contributed by atoms with Crippen molar-refractivity contribution in [2.45, 2.75) is 6.54 Å². The number of benzene rings is 1. The third kappa shape index (κ3) is 4.67. The number of methoxy groups -OCH3 is 2. The number of carbonyl (C=O) groups is 1. The summed E-state index contributed by atoms with van der Waals surface area (Å²) in [6.45, 7) is 0.233. The Hall–Kier alpha value is -4.07. The van der Waals surface area contributed by atoms with Gasteiger partial charge >= 0.3 is 0 Å². The largest absolute Gasteiger partial charge is 0.495 e. The molecule has 3 rings (SSSR count). The van der Waals surface area contributed by atoms with Crippen molar-refractivity contribution < 1.29 is 18.7 Å². The van der Waals surface area contributed by atoms with Crippen molar-refractivity contribution in [1.29, 1.82) is 5.41 Å². The summed E-state index contributed by atoms with van der Waals surface area (Å²) in [5.74, 6) is 0.998. The number of aromatic nitrogens is 1. The van der Waals surface area contributed by atoms with Gasteiger partial charge in [-0.15, -0.1) is 0 Å². The van der Waals surface area contributed by atoms with Gasteiger partial charge in [-0.3, -0.25) is 4.79 Å². The van der Waals surface area contributed by atoms with Gasteiger partial charge in [0.05, 0.1) is 43.9 Å². The van der Waals surface area contributed by atoms with Crippen LogP contribution in [0.4, 0.5) is 5.69 Å². The van der Waals surface area contributed by atoms with Crippen molar-refractivity contribution in [2.75, 3.05) is 20.0 Å². The maximum atomic E-state index is 12.7. The number of nitrogens with zero attached hydrogens (tertiary/aromatic N) is 1. The van der Waals surface area contributed by atoms with E-state index in [-0.39, 0.29) is 29.5 Å². The zero-order valence-electron chi connectivity index (χ0n) is 16.6. The Kier molecular flexibility index (Phi) is 6.49. The number of ether oxygens (including phenoxy) is 2.